The Morgan fingerprint density at radius 1 is 1.21 bits per heavy atom. The van der Waals surface area contributed by atoms with Gasteiger partial charge in [-0.1, -0.05) is 6.42 Å². The van der Waals surface area contributed by atoms with Crippen molar-refractivity contribution in [3.8, 4) is 0 Å². The van der Waals surface area contributed by atoms with Crippen molar-refractivity contribution in [3.05, 3.63) is 18.2 Å². The van der Waals surface area contributed by atoms with Gasteiger partial charge in [0.05, 0.1) is 29.5 Å². The zero-order chi connectivity index (χ0) is 23.4. The summed E-state index contributed by atoms with van der Waals surface area (Å²) in [6.45, 7) is 5.78. The highest BCUT2D eigenvalue weighted by atomic mass is 32.2. The van der Waals surface area contributed by atoms with Crippen LogP contribution >= 0.6 is 11.8 Å². The van der Waals surface area contributed by atoms with Gasteiger partial charge >= 0.3 is 0 Å². The number of anilines is 1. The minimum absolute atomic E-state index is 0.122. The molecule has 0 radical (unpaired) electrons. The summed E-state index contributed by atoms with van der Waals surface area (Å²) in [5.74, 6) is -0.221. The van der Waals surface area contributed by atoms with E-state index in [1.165, 1.54) is 46.3 Å². The monoisotopic (exact) mass is 496 g/mol. The zero-order valence-corrected chi connectivity index (χ0v) is 20.6. The Morgan fingerprint density at radius 2 is 2.00 bits per heavy atom. The van der Waals surface area contributed by atoms with E-state index in [0.29, 0.717) is 44.6 Å². The minimum Gasteiger partial charge on any atom is -0.379 e. The van der Waals surface area contributed by atoms with Crippen LogP contribution in [0.2, 0.25) is 0 Å². The number of sulfonamides is 1. The summed E-state index contributed by atoms with van der Waals surface area (Å²) in [7, 11) is -3.70. The van der Waals surface area contributed by atoms with Gasteiger partial charge in [-0.2, -0.15) is 4.31 Å². The highest BCUT2D eigenvalue weighted by molar-refractivity contribution is 8.00. The van der Waals surface area contributed by atoms with Gasteiger partial charge in [0.2, 0.25) is 21.8 Å². The Kier molecular flexibility index (Phi) is 7.95. The fourth-order valence-corrected chi connectivity index (χ4v) is 6.82. The van der Waals surface area contributed by atoms with E-state index in [0.717, 1.165) is 18.0 Å². The molecular weight excluding hydrogens is 464 g/mol. The molecule has 1 unspecified atom stereocenters. The molecule has 1 atom stereocenters. The first-order valence-electron chi connectivity index (χ1n) is 11.5. The van der Waals surface area contributed by atoms with Gasteiger partial charge in [0.1, 0.15) is 6.54 Å². The molecule has 0 saturated carbocycles. The Bertz CT molecular complexity index is 981. The number of carbonyl (C=O) groups is 2. The van der Waals surface area contributed by atoms with Crippen molar-refractivity contribution >= 4 is 39.3 Å². The molecule has 3 heterocycles. The van der Waals surface area contributed by atoms with Crippen molar-refractivity contribution < 1.29 is 22.7 Å². The molecule has 0 aromatic heterocycles. The number of thioether (sulfide) groups is 1. The number of carbonyl (C=O) groups excluding carboxylic acids is 2. The number of ether oxygens (including phenoxy) is 1. The molecule has 2 saturated heterocycles. The highest BCUT2D eigenvalue weighted by Crippen LogP contribution is 2.37. The molecular formula is C22H32N4O5S2. The molecule has 1 aromatic rings. The lowest BCUT2D eigenvalue weighted by Crippen LogP contribution is -2.46. The fraction of sp³-hybridized carbons (Fsp3) is 0.636. The Hall–Kier alpha value is -1.66. The van der Waals surface area contributed by atoms with Crippen LogP contribution in [0.3, 0.4) is 0 Å². The quantitative estimate of drug-likeness (QED) is 0.604. The maximum absolute atomic E-state index is 13.1. The third-order valence-electron chi connectivity index (χ3n) is 6.44. The smallest absolute Gasteiger partial charge is 0.243 e. The zero-order valence-electron chi connectivity index (χ0n) is 19.0. The van der Waals surface area contributed by atoms with Gasteiger partial charge < -0.3 is 15.0 Å². The van der Waals surface area contributed by atoms with Crippen LogP contribution in [0.1, 0.15) is 26.2 Å². The van der Waals surface area contributed by atoms with Gasteiger partial charge in [0, 0.05) is 37.1 Å². The van der Waals surface area contributed by atoms with Crippen molar-refractivity contribution in [2.75, 3.05) is 63.1 Å². The molecule has 1 N–H and O–H groups in total. The van der Waals surface area contributed by atoms with E-state index < -0.39 is 10.0 Å². The van der Waals surface area contributed by atoms with E-state index in [4.69, 9.17) is 4.74 Å². The SMILES string of the molecule is CC1CCCCN1CCNC(=O)CN1C(=O)CSc2ccc(S(=O)(=O)N3CCOCC3)cc21. The van der Waals surface area contributed by atoms with E-state index in [2.05, 4.69) is 17.1 Å². The van der Waals surface area contributed by atoms with Crippen molar-refractivity contribution in [1.82, 2.24) is 14.5 Å². The van der Waals surface area contributed by atoms with E-state index in [1.54, 1.807) is 12.1 Å². The number of nitrogens with zero attached hydrogens (tertiary/aromatic N) is 3. The number of fused-ring (bicyclic) bond motifs is 1. The lowest BCUT2D eigenvalue weighted by Gasteiger charge is -2.33. The number of benzene rings is 1. The fourth-order valence-electron chi connectivity index (χ4n) is 4.48. The molecule has 0 spiro atoms. The van der Waals surface area contributed by atoms with Crippen molar-refractivity contribution in [2.45, 2.75) is 42.0 Å². The molecule has 11 heteroatoms. The number of piperidine rings is 1. The maximum atomic E-state index is 13.1. The second kappa shape index (κ2) is 10.7. The predicted octanol–water partition coefficient (Wildman–Crippen LogP) is 1.14. The number of hydrogen-bond acceptors (Lipinski definition) is 7. The number of nitrogens with one attached hydrogen (secondary N) is 1. The van der Waals surface area contributed by atoms with Crippen LogP contribution in [0, 0.1) is 0 Å². The van der Waals surface area contributed by atoms with E-state index >= 15 is 0 Å². The summed E-state index contributed by atoms with van der Waals surface area (Å²) in [4.78, 5) is 30.0. The molecule has 33 heavy (non-hydrogen) atoms. The number of hydrogen-bond donors (Lipinski definition) is 1. The van der Waals surface area contributed by atoms with Crippen molar-refractivity contribution in [3.63, 3.8) is 0 Å². The summed E-state index contributed by atoms with van der Waals surface area (Å²) in [6.07, 6.45) is 3.62. The highest BCUT2D eigenvalue weighted by Gasteiger charge is 2.31. The van der Waals surface area contributed by atoms with Gasteiger partial charge in [0.15, 0.2) is 0 Å². The number of morpholine rings is 1. The normalized spacial score (nSPS) is 22.8. The second-order valence-electron chi connectivity index (χ2n) is 8.65. The second-order valence-corrected chi connectivity index (χ2v) is 11.6. The first kappa shape index (κ1) is 24.5. The molecule has 3 aliphatic rings. The molecule has 4 rings (SSSR count). The topological polar surface area (TPSA) is 99.3 Å². The lowest BCUT2D eigenvalue weighted by atomic mass is 10.0. The molecule has 2 fully saturated rings. The standard InChI is InChI=1S/C22H32N4O5S2/c1-17-4-2-3-8-24(17)9-7-23-21(27)15-26-19-14-18(5-6-20(19)32-16-22(26)28)33(29,30)25-10-12-31-13-11-25/h5-6,14,17H,2-4,7-13,15-16H2,1H3,(H,23,27). The molecule has 1 aromatic carbocycles. The van der Waals surface area contributed by atoms with Gasteiger partial charge in [-0.3, -0.25) is 14.5 Å². The van der Waals surface area contributed by atoms with Gasteiger partial charge in [-0.05, 0) is 44.5 Å². The van der Waals surface area contributed by atoms with E-state index in [9.17, 15) is 18.0 Å². The largest absolute Gasteiger partial charge is 0.379 e. The number of amides is 2. The van der Waals surface area contributed by atoms with E-state index in [1.807, 2.05) is 0 Å². The number of likely N-dealkylation sites (tertiary alicyclic amines) is 1. The maximum Gasteiger partial charge on any atom is 0.243 e. The third-order valence-corrected chi connectivity index (χ3v) is 9.39. The summed E-state index contributed by atoms with van der Waals surface area (Å²) in [5.41, 5.74) is 0.477. The van der Waals surface area contributed by atoms with Crippen molar-refractivity contribution in [2.24, 2.45) is 0 Å². The van der Waals surface area contributed by atoms with Crippen LogP contribution in [0.15, 0.2) is 28.0 Å². The molecule has 9 nitrogen and oxygen atoms in total. The van der Waals surface area contributed by atoms with Crippen molar-refractivity contribution in [1.29, 1.82) is 0 Å². The van der Waals surface area contributed by atoms with Gasteiger partial charge in [-0.25, -0.2) is 8.42 Å². The minimum atomic E-state index is -3.70. The number of rotatable bonds is 7. The predicted molar refractivity (Wildman–Crippen MR) is 127 cm³/mol. The van der Waals surface area contributed by atoms with Crippen LogP contribution in [0.25, 0.3) is 0 Å². The van der Waals surface area contributed by atoms with Gasteiger partial charge in [-0.15, -0.1) is 11.8 Å². The van der Waals surface area contributed by atoms with Crippen LogP contribution < -0.4 is 10.2 Å². The summed E-state index contributed by atoms with van der Waals surface area (Å²) < 4.78 is 32.8. The summed E-state index contributed by atoms with van der Waals surface area (Å²) >= 11 is 1.36. The van der Waals surface area contributed by atoms with Crippen LogP contribution in [-0.4, -0.2) is 93.7 Å². The Balaban J connectivity index is 1.43. The average molecular weight is 497 g/mol. The molecule has 3 aliphatic heterocycles. The third kappa shape index (κ3) is 5.71. The van der Waals surface area contributed by atoms with Crippen LogP contribution in [0.5, 0.6) is 0 Å². The lowest BCUT2D eigenvalue weighted by molar-refractivity contribution is -0.123. The van der Waals surface area contributed by atoms with E-state index in [-0.39, 0.29) is 29.0 Å². The first-order chi connectivity index (χ1) is 15.9. The Labute approximate surface area is 199 Å². The molecule has 2 amide bonds. The van der Waals surface area contributed by atoms with Crippen LogP contribution in [0.4, 0.5) is 5.69 Å². The summed E-state index contributed by atoms with van der Waals surface area (Å²) in [6, 6.07) is 5.34. The first-order valence-corrected chi connectivity index (χ1v) is 13.9. The van der Waals surface area contributed by atoms with Gasteiger partial charge in [0.25, 0.3) is 0 Å². The Morgan fingerprint density at radius 3 is 2.76 bits per heavy atom. The average Bonchev–Trinajstić information content (AvgIpc) is 2.82. The molecule has 182 valence electrons. The van der Waals surface area contributed by atoms with Crippen LogP contribution in [-0.2, 0) is 24.3 Å². The summed E-state index contributed by atoms with van der Waals surface area (Å²) in [5, 5.41) is 2.92. The molecule has 0 aliphatic carbocycles. The molecule has 0 bridgehead atoms.